The summed E-state index contributed by atoms with van der Waals surface area (Å²) in [5.41, 5.74) is 8.04. The quantitative estimate of drug-likeness (QED) is 0.403. The first kappa shape index (κ1) is 24.5. The van der Waals surface area contributed by atoms with E-state index in [0.717, 1.165) is 17.0 Å². The number of hydrogen-bond donors (Lipinski definition) is 4. The molecular weight excluding hydrogens is 470 g/mol. The Morgan fingerprint density at radius 1 is 1.26 bits per heavy atom. The van der Waals surface area contributed by atoms with Crippen molar-refractivity contribution in [2.45, 2.75) is 19.9 Å². The van der Waals surface area contributed by atoms with Crippen LogP contribution < -0.4 is 26.0 Å². The maximum Gasteiger partial charge on any atom is 0.321 e. The van der Waals surface area contributed by atoms with E-state index in [-0.39, 0.29) is 30.5 Å². The van der Waals surface area contributed by atoms with Crippen molar-refractivity contribution >= 4 is 50.9 Å². The summed E-state index contributed by atoms with van der Waals surface area (Å²) in [7, 11) is 1.60. The lowest BCUT2D eigenvalue weighted by Gasteiger charge is -2.35. The second kappa shape index (κ2) is 10.3. The zero-order chi connectivity index (χ0) is 25.1. The van der Waals surface area contributed by atoms with E-state index < -0.39 is 0 Å². The molecule has 0 radical (unpaired) electrons. The molecule has 3 heterocycles. The van der Waals surface area contributed by atoms with Gasteiger partial charge < -0.3 is 36.0 Å². The predicted molar refractivity (Wildman–Crippen MR) is 136 cm³/mol. The van der Waals surface area contributed by atoms with Crippen LogP contribution in [0.2, 0.25) is 0 Å². The molecule has 11 nitrogen and oxygen atoms in total. The Hall–Kier alpha value is -3.64. The molecule has 1 saturated heterocycles. The molecule has 0 aliphatic carbocycles. The van der Waals surface area contributed by atoms with Crippen molar-refractivity contribution in [3.63, 3.8) is 0 Å². The zero-order valence-corrected chi connectivity index (χ0v) is 20.7. The number of aromatic nitrogens is 2. The first-order valence-corrected chi connectivity index (χ1v) is 12.1. The summed E-state index contributed by atoms with van der Waals surface area (Å²) in [6, 6.07) is 4.93. The minimum absolute atomic E-state index is 0.125. The predicted octanol–water partition coefficient (Wildman–Crippen LogP) is 2.06. The Labute approximate surface area is 206 Å². The number of anilines is 3. The average Bonchev–Trinajstić information content (AvgIpc) is 3.28. The number of methoxy groups -OCH3 is 1. The molecule has 0 bridgehead atoms. The first-order chi connectivity index (χ1) is 16.8. The zero-order valence-electron chi connectivity index (χ0n) is 19.9. The van der Waals surface area contributed by atoms with Gasteiger partial charge in [0.1, 0.15) is 16.4 Å². The number of nitrogens with two attached hydrogens (primary N) is 1. The third-order valence-corrected chi connectivity index (χ3v) is 6.74. The van der Waals surface area contributed by atoms with Gasteiger partial charge in [0, 0.05) is 43.3 Å². The molecule has 1 atom stereocenters. The molecular formula is C23H29N7O4S. The number of amides is 3. The summed E-state index contributed by atoms with van der Waals surface area (Å²) in [5, 5.41) is 17.4. The number of aryl methyl sites for hydroxylation is 1. The second-order valence-corrected chi connectivity index (χ2v) is 9.24. The summed E-state index contributed by atoms with van der Waals surface area (Å²) in [6.07, 6.45) is 0. The standard InChI is InChI=1S/C23H29N7O4S/c1-13-10-15(34-3)4-5-17(13)26-23(33)30-8-6-29(7-9-30)19-18-16(20(32)25-14(2)11-31)12-35-21(18)28-22(24)27-19/h4-5,10,12,14,31H,6-9,11H2,1-3H3,(H,25,32)(H,26,33)(H2,24,27,28). The van der Waals surface area contributed by atoms with Crippen LogP contribution in [0.3, 0.4) is 0 Å². The number of nitrogens with one attached hydrogen (secondary N) is 2. The fourth-order valence-electron chi connectivity index (χ4n) is 3.90. The highest BCUT2D eigenvalue weighted by Crippen LogP contribution is 2.33. The van der Waals surface area contributed by atoms with E-state index in [2.05, 4.69) is 20.6 Å². The van der Waals surface area contributed by atoms with Crippen molar-refractivity contribution in [2.75, 3.05) is 55.8 Å². The van der Waals surface area contributed by atoms with E-state index in [1.807, 2.05) is 24.0 Å². The number of piperazine rings is 1. The maximum atomic E-state index is 12.9. The van der Waals surface area contributed by atoms with Crippen molar-refractivity contribution < 1.29 is 19.4 Å². The topological polar surface area (TPSA) is 146 Å². The molecule has 0 saturated carbocycles. The number of aliphatic hydroxyl groups is 1. The van der Waals surface area contributed by atoms with Gasteiger partial charge in [-0.25, -0.2) is 9.78 Å². The fraction of sp³-hybridized carbons (Fsp3) is 0.391. The maximum absolute atomic E-state index is 12.9. The van der Waals surface area contributed by atoms with Crippen LogP contribution in [-0.2, 0) is 0 Å². The van der Waals surface area contributed by atoms with Gasteiger partial charge >= 0.3 is 6.03 Å². The van der Waals surface area contributed by atoms with Gasteiger partial charge in [0.25, 0.3) is 5.91 Å². The number of nitrogens with zero attached hydrogens (tertiary/aromatic N) is 4. The highest BCUT2D eigenvalue weighted by molar-refractivity contribution is 7.17. The van der Waals surface area contributed by atoms with Crippen LogP contribution in [0, 0.1) is 6.92 Å². The molecule has 1 fully saturated rings. The third kappa shape index (κ3) is 5.23. The Morgan fingerprint density at radius 2 is 2.00 bits per heavy atom. The molecule has 1 aromatic carbocycles. The van der Waals surface area contributed by atoms with Gasteiger partial charge in [-0.05, 0) is 37.6 Å². The van der Waals surface area contributed by atoms with Gasteiger partial charge in [-0.3, -0.25) is 4.79 Å². The Kier molecular flexibility index (Phi) is 7.22. The molecule has 1 aliphatic heterocycles. The lowest BCUT2D eigenvalue weighted by molar-refractivity contribution is 0.0924. The number of hydrogen-bond acceptors (Lipinski definition) is 9. The molecule has 3 amide bonds. The summed E-state index contributed by atoms with van der Waals surface area (Å²) >= 11 is 1.32. The van der Waals surface area contributed by atoms with E-state index in [9.17, 15) is 14.7 Å². The number of thiophene rings is 1. The first-order valence-electron chi connectivity index (χ1n) is 11.2. The van der Waals surface area contributed by atoms with Crippen LogP contribution in [0.4, 0.5) is 22.2 Å². The number of urea groups is 1. The van der Waals surface area contributed by atoms with Crippen LogP contribution >= 0.6 is 11.3 Å². The van der Waals surface area contributed by atoms with Crippen LogP contribution in [0.5, 0.6) is 5.75 Å². The summed E-state index contributed by atoms with van der Waals surface area (Å²) in [6.45, 7) is 5.45. The number of ether oxygens (including phenoxy) is 1. The highest BCUT2D eigenvalue weighted by Gasteiger charge is 2.27. The van der Waals surface area contributed by atoms with Crippen molar-refractivity contribution in [1.82, 2.24) is 20.2 Å². The summed E-state index contributed by atoms with van der Waals surface area (Å²) in [5.74, 6) is 1.12. The highest BCUT2D eigenvalue weighted by atomic mass is 32.1. The number of aliphatic hydroxyl groups excluding tert-OH is 1. The number of carbonyl (C=O) groups excluding carboxylic acids is 2. The van der Waals surface area contributed by atoms with Crippen LogP contribution in [0.1, 0.15) is 22.8 Å². The number of nitrogen functional groups attached to an aromatic ring is 1. The number of rotatable bonds is 6. The van der Waals surface area contributed by atoms with E-state index in [1.54, 1.807) is 30.4 Å². The summed E-state index contributed by atoms with van der Waals surface area (Å²) in [4.78, 5) is 38.8. The Morgan fingerprint density at radius 3 is 2.66 bits per heavy atom. The number of carbonyl (C=O) groups is 2. The van der Waals surface area contributed by atoms with Gasteiger partial charge in [0.05, 0.1) is 24.7 Å². The largest absolute Gasteiger partial charge is 0.497 e. The lowest BCUT2D eigenvalue weighted by Crippen LogP contribution is -2.50. The van der Waals surface area contributed by atoms with Crippen molar-refractivity contribution in [2.24, 2.45) is 0 Å². The minimum atomic E-state index is -0.382. The van der Waals surface area contributed by atoms with Gasteiger partial charge in [0.15, 0.2) is 0 Å². The van der Waals surface area contributed by atoms with Gasteiger partial charge in [-0.15, -0.1) is 11.3 Å². The lowest BCUT2D eigenvalue weighted by atomic mass is 10.1. The van der Waals surface area contributed by atoms with Crippen LogP contribution in [-0.4, -0.2) is 77.9 Å². The molecule has 186 valence electrons. The minimum Gasteiger partial charge on any atom is -0.497 e. The average molecular weight is 500 g/mol. The fourth-order valence-corrected chi connectivity index (χ4v) is 4.82. The molecule has 4 rings (SSSR count). The third-order valence-electron chi connectivity index (χ3n) is 5.87. The molecule has 12 heteroatoms. The summed E-state index contributed by atoms with van der Waals surface area (Å²) < 4.78 is 5.22. The van der Waals surface area contributed by atoms with E-state index in [0.29, 0.717) is 47.8 Å². The van der Waals surface area contributed by atoms with E-state index in [1.165, 1.54) is 11.3 Å². The monoisotopic (exact) mass is 499 g/mol. The molecule has 35 heavy (non-hydrogen) atoms. The molecule has 1 unspecified atom stereocenters. The molecule has 3 aromatic rings. The van der Waals surface area contributed by atoms with Crippen LogP contribution in [0.25, 0.3) is 10.2 Å². The van der Waals surface area contributed by atoms with E-state index >= 15 is 0 Å². The number of fused-ring (bicyclic) bond motifs is 1. The van der Waals surface area contributed by atoms with Gasteiger partial charge in [0.2, 0.25) is 5.95 Å². The molecule has 0 spiro atoms. The Balaban J connectivity index is 1.49. The van der Waals surface area contributed by atoms with Gasteiger partial charge in [-0.2, -0.15) is 4.98 Å². The molecule has 5 N–H and O–H groups in total. The van der Waals surface area contributed by atoms with Crippen molar-refractivity contribution in [1.29, 1.82) is 0 Å². The van der Waals surface area contributed by atoms with Crippen molar-refractivity contribution in [3.8, 4) is 5.75 Å². The normalized spacial score (nSPS) is 14.6. The number of benzene rings is 1. The SMILES string of the molecule is COc1ccc(NC(=O)N2CCN(c3nc(N)nc4scc(C(=O)NC(C)CO)c34)CC2)c(C)c1. The molecule has 1 aliphatic rings. The Bertz CT molecular complexity index is 1240. The van der Waals surface area contributed by atoms with Gasteiger partial charge in [-0.1, -0.05) is 0 Å². The van der Waals surface area contributed by atoms with E-state index in [4.69, 9.17) is 10.5 Å². The smallest absolute Gasteiger partial charge is 0.321 e. The second-order valence-electron chi connectivity index (χ2n) is 8.38. The van der Waals surface area contributed by atoms with Crippen molar-refractivity contribution in [3.05, 3.63) is 34.7 Å². The molecule has 2 aromatic heterocycles. The van der Waals surface area contributed by atoms with Crippen LogP contribution in [0.15, 0.2) is 23.6 Å².